The predicted molar refractivity (Wildman–Crippen MR) is 103 cm³/mol. The fraction of sp³-hybridized carbons (Fsp3) is 0.333. The lowest BCUT2D eigenvalue weighted by Gasteiger charge is -2.09. The van der Waals surface area contributed by atoms with Gasteiger partial charge in [-0.05, 0) is 49.7 Å². The molecule has 4 rings (SSSR count). The average Bonchev–Trinajstić information content (AvgIpc) is 2.85. The Morgan fingerprint density at radius 2 is 2.04 bits per heavy atom. The van der Waals surface area contributed by atoms with Crippen molar-refractivity contribution < 1.29 is 4.74 Å². The largest absolute Gasteiger partial charge is 0.495 e. The van der Waals surface area contributed by atoms with Crippen molar-refractivity contribution in [1.29, 1.82) is 0 Å². The van der Waals surface area contributed by atoms with Gasteiger partial charge in [0.1, 0.15) is 11.4 Å². The Morgan fingerprint density at radius 3 is 2.84 bits per heavy atom. The van der Waals surface area contributed by atoms with Crippen molar-refractivity contribution >= 4 is 34.9 Å². The summed E-state index contributed by atoms with van der Waals surface area (Å²) in [7, 11) is 1.62. The number of nitrogens with one attached hydrogen (secondary N) is 1. The Morgan fingerprint density at radius 1 is 1.20 bits per heavy atom. The maximum atomic E-state index is 6.26. The molecule has 0 saturated carbocycles. The normalized spacial score (nSPS) is 13.9. The standard InChI is InChI=1S/C18H19ClN4O.ClH/c1-11-6-16(17-7-12-10-20-4-3-5-23(12)22-17)21-15-9-14(19)18(24-2)8-13(11)15;/h6-9,20H,3-5,10H2,1-2H3;1H. The molecular formula is C18H20Cl2N4O. The van der Waals surface area contributed by atoms with E-state index in [-0.39, 0.29) is 12.4 Å². The summed E-state index contributed by atoms with van der Waals surface area (Å²) in [5, 5.41) is 9.77. The molecule has 132 valence electrons. The van der Waals surface area contributed by atoms with Crippen LogP contribution in [-0.4, -0.2) is 28.4 Å². The molecule has 0 radical (unpaired) electrons. The molecule has 25 heavy (non-hydrogen) atoms. The van der Waals surface area contributed by atoms with Gasteiger partial charge in [-0.1, -0.05) is 11.6 Å². The molecule has 0 fully saturated rings. The lowest BCUT2D eigenvalue weighted by molar-refractivity contribution is 0.415. The number of halogens is 2. The molecule has 0 spiro atoms. The van der Waals surface area contributed by atoms with E-state index in [1.54, 1.807) is 7.11 Å². The van der Waals surface area contributed by atoms with E-state index in [1.807, 2.05) is 12.1 Å². The van der Waals surface area contributed by atoms with Crippen molar-refractivity contribution in [2.24, 2.45) is 0 Å². The van der Waals surface area contributed by atoms with Crippen LogP contribution < -0.4 is 10.1 Å². The van der Waals surface area contributed by atoms with E-state index in [4.69, 9.17) is 26.4 Å². The third-order valence-electron chi connectivity index (χ3n) is 4.44. The topological polar surface area (TPSA) is 52.0 Å². The van der Waals surface area contributed by atoms with E-state index in [1.165, 1.54) is 5.69 Å². The van der Waals surface area contributed by atoms with E-state index in [2.05, 4.69) is 29.1 Å². The second-order valence-electron chi connectivity index (χ2n) is 6.10. The highest BCUT2D eigenvalue weighted by molar-refractivity contribution is 6.32. The van der Waals surface area contributed by atoms with Gasteiger partial charge >= 0.3 is 0 Å². The van der Waals surface area contributed by atoms with Gasteiger partial charge in [-0.2, -0.15) is 5.10 Å². The lowest BCUT2D eigenvalue weighted by atomic mass is 10.1. The minimum atomic E-state index is 0. The zero-order valence-electron chi connectivity index (χ0n) is 14.2. The second-order valence-corrected chi connectivity index (χ2v) is 6.51. The third kappa shape index (κ3) is 3.32. The monoisotopic (exact) mass is 378 g/mol. The van der Waals surface area contributed by atoms with Crippen LogP contribution in [0.4, 0.5) is 0 Å². The first-order valence-corrected chi connectivity index (χ1v) is 8.46. The average molecular weight is 379 g/mol. The number of pyridine rings is 1. The smallest absolute Gasteiger partial charge is 0.138 e. The van der Waals surface area contributed by atoms with Crippen LogP contribution in [0.5, 0.6) is 5.75 Å². The van der Waals surface area contributed by atoms with Crippen LogP contribution in [0, 0.1) is 6.92 Å². The van der Waals surface area contributed by atoms with Gasteiger partial charge in [0.05, 0.1) is 29.0 Å². The van der Waals surface area contributed by atoms with Crippen LogP contribution in [0.15, 0.2) is 24.3 Å². The Bertz CT molecular complexity index is 900. The van der Waals surface area contributed by atoms with Gasteiger partial charge in [-0.15, -0.1) is 12.4 Å². The molecule has 1 aliphatic rings. The Labute approximate surface area is 157 Å². The van der Waals surface area contributed by atoms with Crippen LogP contribution in [0.25, 0.3) is 22.3 Å². The van der Waals surface area contributed by atoms with E-state index in [9.17, 15) is 0 Å². The zero-order chi connectivity index (χ0) is 16.7. The molecular weight excluding hydrogens is 359 g/mol. The van der Waals surface area contributed by atoms with Crippen molar-refractivity contribution in [1.82, 2.24) is 20.1 Å². The number of hydrogen-bond donors (Lipinski definition) is 1. The van der Waals surface area contributed by atoms with Gasteiger partial charge in [-0.3, -0.25) is 4.68 Å². The fourth-order valence-corrected chi connectivity index (χ4v) is 3.41. The minimum Gasteiger partial charge on any atom is -0.495 e. The second kappa shape index (κ2) is 7.20. The quantitative estimate of drug-likeness (QED) is 0.732. The summed E-state index contributed by atoms with van der Waals surface area (Å²) >= 11 is 6.26. The molecule has 5 nitrogen and oxygen atoms in total. The summed E-state index contributed by atoms with van der Waals surface area (Å²) in [6.07, 6.45) is 1.09. The highest BCUT2D eigenvalue weighted by Gasteiger charge is 2.15. The summed E-state index contributed by atoms with van der Waals surface area (Å²) in [6, 6.07) is 7.99. The van der Waals surface area contributed by atoms with Crippen LogP contribution in [0.3, 0.4) is 0 Å². The number of nitrogens with zero attached hydrogens (tertiary/aromatic N) is 3. The Kier molecular flexibility index (Phi) is 5.18. The van der Waals surface area contributed by atoms with Gasteiger partial charge in [0.25, 0.3) is 0 Å². The van der Waals surface area contributed by atoms with Crippen molar-refractivity contribution in [3.63, 3.8) is 0 Å². The van der Waals surface area contributed by atoms with Crippen LogP contribution in [0.1, 0.15) is 17.7 Å². The number of hydrogen-bond acceptors (Lipinski definition) is 4. The molecule has 2 aromatic heterocycles. The molecule has 7 heteroatoms. The Hall–Kier alpha value is -1.82. The SMILES string of the molecule is COc1cc2c(C)cc(-c3cc4n(n3)CCCNC4)nc2cc1Cl.Cl. The third-order valence-corrected chi connectivity index (χ3v) is 4.74. The summed E-state index contributed by atoms with van der Waals surface area (Å²) in [4.78, 5) is 4.77. The van der Waals surface area contributed by atoms with Crippen LogP contribution in [0.2, 0.25) is 5.02 Å². The maximum Gasteiger partial charge on any atom is 0.138 e. The molecule has 3 heterocycles. The maximum absolute atomic E-state index is 6.26. The van der Waals surface area contributed by atoms with Crippen molar-refractivity contribution in [3.8, 4) is 17.1 Å². The van der Waals surface area contributed by atoms with Gasteiger partial charge in [0.15, 0.2) is 0 Å². The number of aromatic nitrogens is 3. The van der Waals surface area contributed by atoms with E-state index in [0.717, 1.165) is 53.9 Å². The van der Waals surface area contributed by atoms with E-state index in [0.29, 0.717) is 10.8 Å². The molecule has 1 aromatic carbocycles. The van der Waals surface area contributed by atoms with E-state index >= 15 is 0 Å². The summed E-state index contributed by atoms with van der Waals surface area (Å²) in [5.74, 6) is 0.668. The number of ether oxygens (including phenoxy) is 1. The van der Waals surface area contributed by atoms with E-state index < -0.39 is 0 Å². The molecule has 1 aliphatic heterocycles. The highest BCUT2D eigenvalue weighted by Crippen LogP contribution is 2.32. The van der Waals surface area contributed by atoms with Gasteiger partial charge < -0.3 is 10.1 Å². The highest BCUT2D eigenvalue weighted by atomic mass is 35.5. The number of fused-ring (bicyclic) bond motifs is 2. The van der Waals surface area contributed by atoms with Gasteiger partial charge in [-0.25, -0.2) is 4.98 Å². The first kappa shape index (κ1) is 18.0. The zero-order valence-corrected chi connectivity index (χ0v) is 15.7. The number of rotatable bonds is 2. The summed E-state index contributed by atoms with van der Waals surface area (Å²) in [6.45, 7) is 4.90. The predicted octanol–water partition coefficient (Wildman–Crippen LogP) is 3.98. The Balaban J connectivity index is 0.00000182. The minimum absolute atomic E-state index is 0. The van der Waals surface area contributed by atoms with Crippen LogP contribution in [-0.2, 0) is 13.1 Å². The van der Waals surface area contributed by atoms with Crippen molar-refractivity contribution in [3.05, 3.63) is 40.5 Å². The summed E-state index contributed by atoms with van der Waals surface area (Å²) in [5.41, 5.74) is 4.98. The molecule has 0 aliphatic carbocycles. The van der Waals surface area contributed by atoms with Crippen molar-refractivity contribution in [2.75, 3.05) is 13.7 Å². The van der Waals surface area contributed by atoms with Crippen LogP contribution >= 0.6 is 24.0 Å². The number of aryl methyl sites for hydroxylation is 2. The summed E-state index contributed by atoms with van der Waals surface area (Å²) < 4.78 is 7.39. The first-order chi connectivity index (χ1) is 11.7. The number of methoxy groups -OCH3 is 1. The molecule has 0 amide bonds. The molecule has 1 N–H and O–H groups in total. The van der Waals surface area contributed by atoms with Gasteiger partial charge in [0, 0.05) is 18.5 Å². The van der Waals surface area contributed by atoms with Gasteiger partial charge in [0.2, 0.25) is 0 Å². The molecule has 0 saturated heterocycles. The van der Waals surface area contributed by atoms with Crippen molar-refractivity contribution in [2.45, 2.75) is 26.4 Å². The molecule has 0 bridgehead atoms. The molecule has 3 aromatic rings. The lowest BCUT2D eigenvalue weighted by Crippen LogP contribution is -2.11. The molecule has 0 atom stereocenters. The molecule has 0 unspecified atom stereocenters. The fourth-order valence-electron chi connectivity index (χ4n) is 3.17. The first-order valence-electron chi connectivity index (χ1n) is 8.08. The number of benzene rings is 1.